The van der Waals surface area contributed by atoms with Gasteiger partial charge in [0.05, 0.1) is 5.41 Å². The van der Waals surface area contributed by atoms with E-state index in [2.05, 4.69) is 16.7 Å². The maximum absolute atomic E-state index is 12.6. The van der Waals surface area contributed by atoms with E-state index >= 15 is 0 Å². The molecule has 0 saturated carbocycles. The van der Waals surface area contributed by atoms with Gasteiger partial charge in [0, 0.05) is 25.7 Å². The monoisotopic (exact) mass is 267 g/mol. The first-order chi connectivity index (χ1) is 9.10. The van der Waals surface area contributed by atoms with Gasteiger partial charge in [-0.25, -0.2) is 0 Å². The number of amides is 1. The molecule has 2 rings (SSSR count). The first kappa shape index (κ1) is 14.8. The summed E-state index contributed by atoms with van der Waals surface area (Å²) in [5.74, 6) is 0.261. The van der Waals surface area contributed by atoms with Crippen LogP contribution in [0.15, 0.2) is 0 Å². The highest BCUT2D eigenvalue weighted by atomic mass is 16.2. The minimum Gasteiger partial charge on any atom is -0.341 e. The predicted octanol–water partition coefficient (Wildman–Crippen LogP) is 1.45. The summed E-state index contributed by atoms with van der Waals surface area (Å²) in [7, 11) is 0. The number of hydrogen-bond donors (Lipinski definition) is 1. The maximum Gasteiger partial charge on any atom is 0.229 e. The minimum absolute atomic E-state index is 0.261. The van der Waals surface area contributed by atoms with Crippen molar-refractivity contribution in [2.75, 3.05) is 32.7 Å². The second-order valence-electron chi connectivity index (χ2n) is 6.41. The maximum atomic E-state index is 12.6. The molecule has 1 amide bonds. The Morgan fingerprint density at radius 3 is 2.53 bits per heavy atom. The molecule has 2 fully saturated rings. The van der Waals surface area contributed by atoms with Gasteiger partial charge in [-0.3, -0.25) is 9.69 Å². The van der Waals surface area contributed by atoms with Crippen LogP contribution in [0.3, 0.4) is 0 Å². The number of carbonyl (C=O) groups excluding carboxylic acids is 1. The minimum atomic E-state index is -0.364. The molecule has 4 heteroatoms. The van der Waals surface area contributed by atoms with E-state index in [9.17, 15) is 4.79 Å². The van der Waals surface area contributed by atoms with Crippen LogP contribution in [0.25, 0.3) is 0 Å². The van der Waals surface area contributed by atoms with Gasteiger partial charge < -0.3 is 10.6 Å². The number of piperidine rings is 1. The van der Waals surface area contributed by atoms with Crippen molar-refractivity contribution in [1.29, 1.82) is 0 Å². The fraction of sp³-hybridized carbons (Fsp3) is 0.933. The summed E-state index contributed by atoms with van der Waals surface area (Å²) in [6, 6.07) is 0.586. The Hall–Kier alpha value is -0.610. The van der Waals surface area contributed by atoms with Crippen LogP contribution < -0.4 is 5.73 Å². The van der Waals surface area contributed by atoms with Crippen molar-refractivity contribution in [3.63, 3.8) is 0 Å². The topological polar surface area (TPSA) is 49.6 Å². The summed E-state index contributed by atoms with van der Waals surface area (Å²) in [5, 5.41) is 0. The molecule has 0 aromatic heterocycles. The van der Waals surface area contributed by atoms with Crippen molar-refractivity contribution >= 4 is 5.91 Å². The quantitative estimate of drug-likeness (QED) is 0.838. The SMILES string of the molecule is CCC(C)(CN)C(=O)N1CCC(N2CCCCC2)C1. The van der Waals surface area contributed by atoms with Crippen molar-refractivity contribution in [3.05, 3.63) is 0 Å². The molecule has 2 saturated heterocycles. The first-order valence-electron chi connectivity index (χ1n) is 7.84. The Bertz CT molecular complexity index is 309. The molecule has 0 radical (unpaired) electrons. The van der Waals surface area contributed by atoms with Gasteiger partial charge in [-0.05, 0) is 45.7 Å². The van der Waals surface area contributed by atoms with Crippen LogP contribution in [0.5, 0.6) is 0 Å². The van der Waals surface area contributed by atoms with Gasteiger partial charge >= 0.3 is 0 Å². The van der Waals surface area contributed by atoms with E-state index in [1.165, 1.54) is 32.4 Å². The summed E-state index contributed by atoms with van der Waals surface area (Å²) in [6.07, 6.45) is 5.97. The van der Waals surface area contributed by atoms with Crippen molar-refractivity contribution in [2.24, 2.45) is 11.1 Å². The van der Waals surface area contributed by atoms with Gasteiger partial charge in [0.2, 0.25) is 5.91 Å². The number of likely N-dealkylation sites (tertiary alicyclic amines) is 2. The van der Waals surface area contributed by atoms with Crippen LogP contribution in [0.2, 0.25) is 0 Å². The highest BCUT2D eigenvalue weighted by Crippen LogP contribution is 2.27. The zero-order valence-corrected chi connectivity index (χ0v) is 12.5. The van der Waals surface area contributed by atoms with Gasteiger partial charge in [-0.15, -0.1) is 0 Å². The van der Waals surface area contributed by atoms with Crippen molar-refractivity contribution < 1.29 is 4.79 Å². The van der Waals surface area contributed by atoms with Crippen LogP contribution in [0.1, 0.15) is 46.0 Å². The Morgan fingerprint density at radius 2 is 1.95 bits per heavy atom. The molecule has 4 nitrogen and oxygen atoms in total. The van der Waals surface area contributed by atoms with Crippen LogP contribution in [-0.2, 0) is 4.79 Å². The van der Waals surface area contributed by atoms with Gasteiger partial charge in [-0.2, -0.15) is 0 Å². The third-order valence-electron chi connectivity index (χ3n) is 5.10. The zero-order chi connectivity index (χ0) is 13.9. The molecular formula is C15H29N3O. The zero-order valence-electron chi connectivity index (χ0n) is 12.5. The molecule has 2 aliphatic heterocycles. The molecular weight excluding hydrogens is 238 g/mol. The van der Waals surface area contributed by atoms with Gasteiger partial charge in [0.1, 0.15) is 0 Å². The summed E-state index contributed by atoms with van der Waals surface area (Å²) >= 11 is 0. The van der Waals surface area contributed by atoms with E-state index in [1.807, 2.05) is 6.92 Å². The number of hydrogen-bond acceptors (Lipinski definition) is 3. The molecule has 19 heavy (non-hydrogen) atoms. The lowest BCUT2D eigenvalue weighted by molar-refractivity contribution is -0.140. The molecule has 0 spiro atoms. The normalized spacial score (nSPS) is 28.4. The van der Waals surface area contributed by atoms with Crippen LogP contribution in [0, 0.1) is 5.41 Å². The van der Waals surface area contributed by atoms with E-state index in [-0.39, 0.29) is 11.3 Å². The fourth-order valence-electron chi connectivity index (χ4n) is 3.27. The van der Waals surface area contributed by atoms with E-state index in [0.717, 1.165) is 25.9 Å². The van der Waals surface area contributed by atoms with Crippen molar-refractivity contribution in [1.82, 2.24) is 9.80 Å². The van der Waals surface area contributed by atoms with Gasteiger partial charge in [0.15, 0.2) is 0 Å². The Morgan fingerprint density at radius 1 is 1.26 bits per heavy atom. The molecule has 0 bridgehead atoms. The third-order valence-corrected chi connectivity index (χ3v) is 5.10. The van der Waals surface area contributed by atoms with E-state index in [1.54, 1.807) is 0 Å². The summed E-state index contributed by atoms with van der Waals surface area (Å²) in [5.41, 5.74) is 5.44. The summed E-state index contributed by atoms with van der Waals surface area (Å²) in [6.45, 7) is 8.77. The highest BCUT2D eigenvalue weighted by molar-refractivity contribution is 5.82. The first-order valence-corrected chi connectivity index (χ1v) is 7.84. The molecule has 110 valence electrons. The Labute approximate surface area is 117 Å². The van der Waals surface area contributed by atoms with E-state index < -0.39 is 0 Å². The third kappa shape index (κ3) is 3.11. The second kappa shape index (κ2) is 6.23. The lowest BCUT2D eigenvalue weighted by Gasteiger charge is -2.34. The van der Waals surface area contributed by atoms with Crippen molar-refractivity contribution in [2.45, 2.75) is 52.0 Å². The highest BCUT2D eigenvalue weighted by Gasteiger charge is 2.38. The molecule has 2 aliphatic rings. The van der Waals surface area contributed by atoms with Crippen molar-refractivity contribution in [3.8, 4) is 0 Å². The molecule has 0 aliphatic carbocycles. The van der Waals surface area contributed by atoms with Gasteiger partial charge in [-0.1, -0.05) is 13.3 Å². The lowest BCUT2D eigenvalue weighted by atomic mass is 9.86. The van der Waals surface area contributed by atoms with Crippen LogP contribution >= 0.6 is 0 Å². The standard InChI is InChI=1S/C15H29N3O/c1-3-15(2,12-16)14(19)18-10-7-13(11-18)17-8-5-4-6-9-17/h13H,3-12,16H2,1-2H3. The number of nitrogens with zero attached hydrogens (tertiary/aromatic N) is 2. The molecule has 0 aromatic rings. The number of carbonyl (C=O) groups is 1. The lowest BCUT2D eigenvalue weighted by Crippen LogP contribution is -2.47. The Balaban J connectivity index is 1.92. The van der Waals surface area contributed by atoms with E-state index in [4.69, 9.17) is 5.73 Å². The summed E-state index contributed by atoms with van der Waals surface area (Å²) in [4.78, 5) is 17.2. The average molecular weight is 267 g/mol. The second-order valence-corrected chi connectivity index (χ2v) is 6.41. The number of rotatable bonds is 4. The van der Waals surface area contributed by atoms with E-state index in [0.29, 0.717) is 12.6 Å². The molecule has 2 unspecified atom stereocenters. The molecule has 2 N–H and O–H groups in total. The largest absolute Gasteiger partial charge is 0.341 e. The number of nitrogens with two attached hydrogens (primary N) is 1. The molecule has 0 aromatic carbocycles. The van der Waals surface area contributed by atoms with Gasteiger partial charge in [0.25, 0.3) is 0 Å². The van der Waals surface area contributed by atoms with Crippen LogP contribution in [-0.4, -0.2) is 54.5 Å². The van der Waals surface area contributed by atoms with Crippen LogP contribution in [0.4, 0.5) is 0 Å². The smallest absolute Gasteiger partial charge is 0.229 e. The average Bonchev–Trinajstić information content (AvgIpc) is 2.96. The predicted molar refractivity (Wildman–Crippen MR) is 77.9 cm³/mol. The molecule has 2 atom stereocenters. The fourth-order valence-corrected chi connectivity index (χ4v) is 3.27. The Kier molecular flexibility index (Phi) is 4.85. The summed E-state index contributed by atoms with van der Waals surface area (Å²) < 4.78 is 0. The molecule has 2 heterocycles.